The van der Waals surface area contributed by atoms with Gasteiger partial charge in [0, 0.05) is 17.6 Å². The molecule has 1 unspecified atom stereocenters. The van der Waals surface area contributed by atoms with Gasteiger partial charge in [0.2, 0.25) is 5.91 Å². The van der Waals surface area contributed by atoms with E-state index in [-0.39, 0.29) is 11.9 Å². The summed E-state index contributed by atoms with van der Waals surface area (Å²) in [6.07, 6.45) is 2.51. The van der Waals surface area contributed by atoms with Crippen molar-refractivity contribution in [3.8, 4) is 0 Å². The van der Waals surface area contributed by atoms with Gasteiger partial charge in [0.25, 0.3) is 0 Å². The third-order valence-electron chi connectivity index (χ3n) is 2.09. The maximum absolute atomic E-state index is 11.5. The molecule has 1 saturated heterocycles. The minimum absolute atomic E-state index is 0.00523. The predicted octanol–water partition coefficient (Wildman–Crippen LogP) is 0.516. The Labute approximate surface area is 80.4 Å². The maximum atomic E-state index is 11.5. The van der Waals surface area contributed by atoms with E-state index in [0.29, 0.717) is 6.54 Å². The molecule has 70 valence electrons. The lowest BCUT2D eigenvalue weighted by atomic mass is 10.3. The normalized spacial score (nSPS) is 22.8. The molecule has 0 aromatic carbocycles. The molecule has 1 aliphatic rings. The SMILES string of the molecule is Cc1cnc(N2CCC(N)C2=O)s1. The van der Waals surface area contributed by atoms with Crippen LogP contribution in [0.3, 0.4) is 0 Å². The van der Waals surface area contributed by atoms with E-state index in [0.717, 1.165) is 16.4 Å². The number of carbonyl (C=O) groups excluding carboxylic acids is 1. The van der Waals surface area contributed by atoms with Gasteiger partial charge in [0.15, 0.2) is 5.13 Å². The van der Waals surface area contributed by atoms with E-state index >= 15 is 0 Å². The standard InChI is InChI=1S/C8H11N3OS/c1-5-4-10-8(13-5)11-3-2-6(9)7(11)12/h4,6H,2-3,9H2,1H3. The molecule has 13 heavy (non-hydrogen) atoms. The van der Waals surface area contributed by atoms with Gasteiger partial charge in [-0.25, -0.2) is 4.98 Å². The lowest BCUT2D eigenvalue weighted by Gasteiger charge is -2.10. The molecule has 1 amide bonds. The molecule has 0 bridgehead atoms. The molecule has 2 heterocycles. The highest BCUT2D eigenvalue weighted by Gasteiger charge is 2.30. The number of aromatic nitrogens is 1. The molecule has 4 nitrogen and oxygen atoms in total. The fraction of sp³-hybridized carbons (Fsp3) is 0.500. The Morgan fingerprint density at radius 3 is 3.00 bits per heavy atom. The number of hydrogen-bond acceptors (Lipinski definition) is 4. The van der Waals surface area contributed by atoms with Crippen molar-refractivity contribution in [2.45, 2.75) is 19.4 Å². The first-order chi connectivity index (χ1) is 6.18. The van der Waals surface area contributed by atoms with E-state index in [4.69, 9.17) is 5.73 Å². The molecule has 1 aromatic rings. The van der Waals surface area contributed by atoms with E-state index in [1.54, 1.807) is 11.1 Å². The summed E-state index contributed by atoms with van der Waals surface area (Å²) in [5.74, 6) is -0.00523. The maximum Gasteiger partial charge on any atom is 0.245 e. The van der Waals surface area contributed by atoms with Gasteiger partial charge < -0.3 is 5.73 Å². The second-order valence-corrected chi connectivity index (χ2v) is 4.35. The first-order valence-corrected chi connectivity index (χ1v) is 4.99. The third kappa shape index (κ3) is 1.45. The third-order valence-corrected chi connectivity index (χ3v) is 3.02. The average molecular weight is 197 g/mol. The Morgan fingerprint density at radius 1 is 1.77 bits per heavy atom. The van der Waals surface area contributed by atoms with Gasteiger partial charge >= 0.3 is 0 Å². The second kappa shape index (κ2) is 3.08. The minimum atomic E-state index is -0.329. The molecule has 0 saturated carbocycles. The summed E-state index contributed by atoms with van der Waals surface area (Å²) in [7, 11) is 0. The Kier molecular flexibility index (Phi) is 2.05. The zero-order chi connectivity index (χ0) is 9.42. The zero-order valence-corrected chi connectivity index (χ0v) is 8.17. The summed E-state index contributed by atoms with van der Waals surface area (Å²) in [5, 5.41) is 0.774. The molecule has 1 aromatic heterocycles. The van der Waals surface area contributed by atoms with E-state index in [9.17, 15) is 4.79 Å². The number of rotatable bonds is 1. The Morgan fingerprint density at radius 2 is 2.54 bits per heavy atom. The summed E-state index contributed by atoms with van der Waals surface area (Å²) in [5.41, 5.74) is 5.60. The molecule has 2 N–H and O–H groups in total. The van der Waals surface area contributed by atoms with Crippen molar-refractivity contribution in [3.05, 3.63) is 11.1 Å². The molecular weight excluding hydrogens is 186 g/mol. The fourth-order valence-electron chi connectivity index (χ4n) is 1.36. The number of thiazole rings is 1. The minimum Gasteiger partial charge on any atom is -0.320 e. The summed E-state index contributed by atoms with van der Waals surface area (Å²) in [6.45, 7) is 2.68. The van der Waals surface area contributed by atoms with Crippen molar-refractivity contribution >= 4 is 22.4 Å². The molecule has 0 spiro atoms. The van der Waals surface area contributed by atoms with Crippen LogP contribution in [0.1, 0.15) is 11.3 Å². The molecule has 5 heteroatoms. The van der Waals surface area contributed by atoms with Crippen molar-refractivity contribution in [2.24, 2.45) is 5.73 Å². The van der Waals surface area contributed by atoms with Crippen molar-refractivity contribution in [1.29, 1.82) is 0 Å². The molecule has 1 aliphatic heterocycles. The van der Waals surface area contributed by atoms with Crippen LogP contribution in [0.15, 0.2) is 6.20 Å². The molecular formula is C8H11N3OS. The van der Waals surface area contributed by atoms with Crippen LogP contribution in [0, 0.1) is 6.92 Å². The van der Waals surface area contributed by atoms with Gasteiger partial charge in [-0.05, 0) is 13.3 Å². The topological polar surface area (TPSA) is 59.2 Å². The van der Waals surface area contributed by atoms with Gasteiger partial charge in [-0.3, -0.25) is 9.69 Å². The summed E-state index contributed by atoms with van der Waals surface area (Å²) >= 11 is 1.53. The molecule has 0 aliphatic carbocycles. The Bertz CT molecular complexity index is 336. The number of hydrogen-bond donors (Lipinski definition) is 1. The molecule has 1 atom stereocenters. The van der Waals surface area contributed by atoms with Crippen molar-refractivity contribution in [2.75, 3.05) is 11.4 Å². The lowest BCUT2D eigenvalue weighted by Crippen LogP contribution is -2.33. The van der Waals surface area contributed by atoms with Gasteiger partial charge in [-0.2, -0.15) is 0 Å². The van der Waals surface area contributed by atoms with E-state index in [1.807, 2.05) is 6.92 Å². The second-order valence-electron chi connectivity index (χ2n) is 3.14. The van der Waals surface area contributed by atoms with Crippen LogP contribution < -0.4 is 10.6 Å². The van der Waals surface area contributed by atoms with Crippen LogP contribution in [0.4, 0.5) is 5.13 Å². The van der Waals surface area contributed by atoms with E-state index in [2.05, 4.69) is 4.98 Å². The quantitative estimate of drug-likeness (QED) is 0.714. The number of carbonyl (C=O) groups is 1. The van der Waals surface area contributed by atoms with Crippen LogP contribution >= 0.6 is 11.3 Å². The molecule has 0 radical (unpaired) electrons. The highest BCUT2D eigenvalue weighted by Crippen LogP contribution is 2.25. The first kappa shape index (κ1) is 8.65. The van der Waals surface area contributed by atoms with Gasteiger partial charge in [-0.1, -0.05) is 0 Å². The van der Waals surface area contributed by atoms with Crippen molar-refractivity contribution in [3.63, 3.8) is 0 Å². The summed E-state index contributed by atoms with van der Waals surface area (Å²) in [6, 6.07) is -0.329. The van der Waals surface area contributed by atoms with Gasteiger partial charge in [0.05, 0.1) is 6.04 Å². The van der Waals surface area contributed by atoms with Crippen LogP contribution in [-0.4, -0.2) is 23.5 Å². The number of nitrogens with two attached hydrogens (primary N) is 1. The summed E-state index contributed by atoms with van der Waals surface area (Å²) < 4.78 is 0. The molecule has 2 rings (SSSR count). The van der Waals surface area contributed by atoms with Crippen LogP contribution in [0.2, 0.25) is 0 Å². The van der Waals surface area contributed by atoms with E-state index in [1.165, 1.54) is 11.3 Å². The van der Waals surface area contributed by atoms with Gasteiger partial charge in [0.1, 0.15) is 0 Å². The van der Waals surface area contributed by atoms with Crippen molar-refractivity contribution < 1.29 is 4.79 Å². The van der Waals surface area contributed by atoms with Gasteiger partial charge in [-0.15, -0.1) is 11.3 Å². The lowest BCUT2D eigenvalue weighted by molar-refractivity contribution is -0.118. The first-order valence-electron chi connectivity index (χ1n) is 4.18. The smallest absolute Gasteiger partial charge is 0.245 e. The molecule has 1 fully saturated rings. The highest BCUT2D eigenvalue weighted by molar-refractivity contribution is 7.15. The number of amides is 1. The van der Waals surface area contributed by atoms with Crippen LogP contribution in [0.5, 0.6) is 0 Å². The van der Waals surface area contributed by atoms with Crippen LogP contribution in [0.25, 0.3) is 0 Å². The van der Waals surface area contributed by atoms with Crippen molar-refractivity contribution in [1.82, 2.24) is 4.98 Å². The fourth-order valence-corrected chi connectivity index (χ4v) is 2.15. The average Bonchev–Trinajstić information content (AvgIpc) is 2.62. The van der Waals surface area contributed by atoms with Crippen LogP contribution in [-0.2, 0) is 4.79 Å². The zero-order valence-electron chi connectivity index (χ0n) is 7.36. The number of nitrogens with zero attached hydrogens (tertiary/aromatic N) is 2. The Balaban J connectivity index is 2.23. The Hall–Kier alpha value is -0.940. The number of aryl methyl sites for hydroxylation is 1. The number of anilines is 1. The van der Waals surface area contributed by atoms with E-state index < -0.39 is 0 Å². The highest BCUT2D eigenvalue weighted by atomic mass is 32.1. The predicted molar refractivity (Wildman–Crippen MR) is 51.8 cm³/mol. The summed E-state index contributed by atoms with van der Waals surface area (Å²) in [4.78, 5) is 18.4. The largest absolute Gasteiger partial charge is 0.320 e. The monoisotopic (exact) mass is 197 g/mol.